The molecular formula is C56H90Cl4N4O8. The van der Waals surface area contributed by atoms with Crippen LogP contribution in [0.1, 0.15) is 143 Å². The number of benzene rings is 4. The molecule has 4 aromatic rings. The van der Waals surface area contributed by atoms with E-state index in [-0.39, 0.29) is 95.7 Å². The zero-order valence-electron chi connectivity index (χ0n) is 44.4. The van der Waals surface area contributed by atoms with Gasteiger partial charge in [0.1, 0.15) is 23.0 Å². The normalized spacial score (nSPS) is 19.8. The maximum absolute atomic E-state index is 5.86. The van der Waals surface area contributed by atoms with Crippen LogP contribution in [0.2, 0.25) is 0 Å². The Morgan fingerprint density at radius 2 is 0.625 bits per heavy atom. The van der Waals surface area contributed by atoms with E-state index >= 15 is 0 Å². The molecule has 410 valence electrons. The predicted molar refractivity (Wildman–Crippen MR) is 305 cm³/mol. The van der Waals surface area contributed by atoms with Gasteiger partial charge in [-0.2, -0.15) is 0 Å². The van der Waals surface area contributed by atoms with E-state index in [9.17, 15) is 0 Å². The lowest BCUT2D eigenvalue weighted by Crippen LogP contribution is -2.44. The number of nitrogens with one attached hydrogen (secondary N) is 4. The molecule has 4 aliphatic rings. The first kappa shape index (κ1) is 68.9. The summed E-state index contributed by atoms with van der Waals surface area (Å²) in [5, 5.41) is 16.5. The van der Waals surface area contributed by atoms with Crippen molar-refractivity contribution in [3.63, 3.8) is 0 Å². The van der Waals surface area contributed by atoms with Crippen LogP contribution in [0, 0.1) is 51.4 Å². The van der Waals surface area contributed by atoms with Crippen LogP contribution in [0.15, 0.2) is 48.5 Å². The molecule has 0 amide bonds. The van der Waals surface area contributed by atoms with E-state index in [2.05, 4.69) is 111 Å². The summed E-state index contributed by atoms with van der Waals surface area (Å²) in [5.74, 6) is 5.95. The van der Waals surface area contributed by atoms with Gasteiger partial charge < -0.3 is 62.1 Å². The molecule has 4 heterocycles. The second-order valence-corrected chi connectivity index (χ2v) is 19.7. The van der Waals surface area contributed by atoms with Crippen molar-refractivity contribution in [2.45, 2.75) is 130 Å². The van der Waals surface area contributed by atoms with Crippen molar-refractivity contribution >= 4 is 49.6 Å². The number of aryl methyl sites for hydroxylation is 4. The lowest BCUT2D eigenvalue weighted by atomic mass is 9.71. The van der Waals surface area contributed by atoms with Gasteiger partial charge in [0.2, 0.25) is 0 Å². The number of ether oxygens (including phenoxy) is 4. The van der Waals surface area contributed by atoms with Gasteiger partial charge in [-0.25, -0.2) is 0 Å². The summed E-state index contributed by atoms with van der Waals surface area (Å²) < 4.78 is 23.4. The van der Waals surface area contributed by atoms with Crippen LogP contribution >= 0.6 is 49.6 Å². The topological polar surface area (TPSA) is 211 Å². The Bertz CT molecular complexity index is 1990. The Hall–Kier alpha value is -3.08. The minimum atomic E-state index is 0. The molecule has 4 aliphatic heterocycles. The van der Waals surface area contributed by atoms with Crippen molar-refractivity contribution in [3.8, 4) is 23.0 Å². The Morgan fingerprint density at radius 1 is 0.403 bits per heavy atom. The molecule has 0 radical (unpaired) electrons. The number of fused-ring (bicyclic) bond motifs is 4. The van der Waals surface area contributed by atoms with Gasteiger partial charge in [0.15, 0.2) is 0 Å². The molecular weight excluding hydrogens is 998 g/mol. The third kappa shape index (κ3) is 14.4. The van der Waals surface area contributed by atoms with E-state index < -0.39 is 0 Å². The molecule has 0 fully saturated rings. The Labute approximate surface area is 455 Å². The molecule has 72 heavy (non-hydrogen) atoms. The number of hydrogen-bond acceptors (Lipinski definition) is 8. The van der Waals surface area contributed by atoms with Crippen molar-refractivity contribution in [1.29, 1.82) is 0 Å². The molecule has 8 rings (SSSR count). The van der Waals surface area contributed by atoms with E-state index in [0.717, 1.165) is 87.7 Å². The minimum Gasteiger partial charge on any atom is -0.496 e. The van der Waals surface area contributed by atoms with E-state index in [0.29, 0.717) is 23.7 Å². The van der Waals surface area contributed by atoms with Crippen LogP contribution < -0.4 is 40.2 Å². The Balaban J connectivity index is 0.00000630. The van der Waals surface area contributed by atoms with E-state index in [1.165, 1.54) is 92.4 Å². The first-order chi connectivity index (χ1) is 31.1. The van der Waals surface area contributed by atoms with Crippen molar-refractivity contribution in [2.24, 2.45) is 23.7 Å². The molecule has 0 aromatic heterocycles. The number of rotatable bonds is 17. The first-order valence-electron chi connectivity index (χ1n) is 24.7. The standard InChI is InChI=1S/C56H78N4O4.4ClH.4H2O/c1-11-37(27-47(53-43-23-33(3)49(61-7)29-39(43)15-19-57-53)54-44-24-34(4)50(62-8)30-40(44)16-20-58-54)13-14-38(12-2)28-48(55-45-25-35(5)51(63-9)31-41(45)17-21-59-55)56-46-26-36(6)52(64-10)32-42(46)18-22-60-56;;;;;;;;/h23-26,29-32,37-38,47-48,53-60H,11-22,27-28H2,1-10H3;4*1H;4*1H2. The first-order valence-corrected chi connectivity index (χ1v) is 24.7. The largest absolute Gasteiger partial charge is 0.496 e. The third-order valence-electron chi connectivity index (χ3n) is 16.1. The van der Waals surface area contributed by atoms with Gasteiger partial charge in [-0.05, 0) is 207 Å². The smallest absolute Gasteiger partial charge is 0.122 e. The molecule has 6 unspecified atom stereocenters. The summed E-state index contributed by atoms with van der Waals surface area (Å²) in [6, 6.07) is 20.0. The van der Waals surface area contributed by atoms with Gasteiger partial charge in [-0.15, -0.1) is 49.6 Å². The molecule has 12 N–H and O–H groups in total. The lowest BCUT2D eigenvalue weighted by molar-refractivity contribution is 0.182. The molecule has 16 heteroatoms. The fourth-order valence-electron chi connectivity index (χ4n) is 12.5. The van der Waals surface area contributed by atoms with E-state index in [4.69, 9.17) is 18.9 Å². The van der Waals surface area contributed by atoms with Crippen molar-refractivity contribution in [1.82, 2.24) is 21.3 Å². The third-order valence-corrected chi connectivity index (χ3v) is 16.1. The summed E-state index contributed by atoms with van der Waals surface area (Å²) in [6.07, 6.45) is 11.3. The highest BCUT2D eigenvalue weighted by atomic mass is 35.5. The average molecular weight is 1090 g/mol. The molecule has 0 spiro atoms. The van der Waals surface area contributed by atoms with Crippen molar-refractivity contribution in [2.75, 3.05) is 54.6 Å². The molecule has 12 nitrogen and oxygen atoms in total. The highest BCUT2D eigenvalue weighted by Gasteiger charge is 2.40. The van der Waals surface area contributed by atoms with Crippen LogP contribution in [0.3, 0.4) is 0 Å². The fourth-order valence-corrected chi connectivity index (χ4v) is 12.5. The summed E-state index contributed by atoms with van der Waals surface area (Å²) >= 11 is 0. The Morgan fingerprint density at radius 3 is 0.819 bits per heavy atom. The number of hydrogen-bond donors (Lipinski definition) is 4. The van der Waals surface area contributed by atoms with Crippen LogP contribution in [-0.4, -0.2) is 76.5 Å². The van der Waals surface area contributed by atoms with Crippen molar-refractivity contribution in [3.05, 3.63) is 115 Å². The van der Waals surface area contributed by atoms with Gasteiger partial charge in [-0.3, -0.25) is 0 Å². The minimum absolute atomic E-state index is 0. The van der Waals surface area contributed by atoms with E-state index in [1.54, 1.807) is 28.4 Å². The highest BCUT2D eigenvalue weighted by Crippen LogP contribution is 2.48. The van der Waals surface area contributed by atoms with Gasteiger partial charge in [0.05, 0.1) is 28.4 Å². The molecule has 4 aromatic carbocycles. The number of methoxy groups -OCH3 is 4. The maximum Gasteiger partial charge on any atom is 0.122 e. The fraction of sp³-hybridized carbons (Fsp3) is 0.571. The van der Waals surface area contributed by atoms with Crippen molar-refractivity contribution < 1.29 is 40.9 Å². The zero-order chi connectivity index (χ0) is 45.1. The summed E-state index contributed by atoms with van der Waals surface area (Å²) in [4.78, 5) is 0. The SMILES string of the molecule is CCC(CCC(CC)CC(C1NCCc2cc(OC)c(C)cc21)C1NCCc2cc(OC)c(C)cc21)CC(C1NCCc2cc(OC)c(C)cc21)C1NCCc2cc(OC)c(C)cc21.Cl.Cl.Cl.Cl.O.O.O.O. The maximum atomic E-state index is 5.86. The summed E-state index contributed by atoms with van der Waals surface area (Å²) in [7, 11) is 7.22. The average Bonchev–Trinajstić information content (AvgIpc) is 3.31. The number of halogens is 4. The molecule has 6 atom stereocenters. The monoisotopic (exact) mass is 1090 g/mol. The molecule has 0 saturated carbocycles. The lowest BCUT2D eigenvalue weighted by Gasteiger charge is -2.43. The van der Waals surface area contributed by atoms with Gasteiger partial charge in [0, 0.05) is 24.2 Å². The summed E-state index contributed by atoms with van der Waals surface area (Å²) in [6.45, 7) is 17.6. The van der Waals surface area contributed by atoms with Gasteiger partial charge >= 0.3 is 0 Å². The summed E-state index contributed by atoms with van der Waals surface area (Å²) in [5.41, 5.74) is 16.4. The zero-order valence-corrected chi connectivity index (χ0v) is 47.7. The Kier molecular flexibility index (Phi) is 29.8. The molecule has 0 saturated heterocycles. The van der Waals surface area contributed by atoms with Crippen LogP contribution in [-0.2, 0) is 25.7 Å². The quantitative estimate of drug-likeness (QED) is 0.0800. The highest BCUT2D eigenvalue weighted by molar-refractivity contribution is 5.86. The van der Waals surface area contributed by atoms with Gasteiger partial charge in [-0.1, -0.05) is 63.8 Å². The second-order valence-electron chi connectivity index (χ2n) is 19.7. The van der Waals surface area contributed by atoms with Gasteiger partial charge in [0.25, 0.3) is 0 Å². The van der Waals surface area contributed by atoms with E-state index in [1.807, 2.05) is 0 Å². The molecule has 0 bridgehead atoms. The molecule has 0 aliphatic carbocycles. The van der Waals surface area contributed by atoms with Crippen LogP contribution in [0.4, 0.5) is 0 Å². The second kappa shape index (κ2) is 31.1. The van der Waals surface area contributed by atoms with Crippen LogP contribution in [0.5, 0.6) is 23.0 Å². The van der Waals surface area contributed by atoms with Crippen LogP contribution in [0.25, 0.3) is 0 Å². The predicted octanol–water partition coefficient (Wildman–Crippen LogP) is 9.04.